The van der Waals surface area contributed by atoms with Crippen LogP contribution >= 0.6 is 0 Å². The summed E-state index contributed by atoms with van der Waals surface area (Å²) in [5.74, 6) is -1.34. The van der Waals surface area contributed by atoms with Crippen molar-refractivity contribution in [2.45, 2.75) is 38.6 Å². The van der Waals surface area contributed by atoms with Crippen LogP contribution < -0.4 is 15.5 Å². The zero-order chi connectivity index (χ0) is 19.2. The maximum atomic E-state index is 13.4. The molecule has 2 atom stereocenters. The molecule has 2 heterocycles. The van der Waals surface area contributed by atoms with E-state index in [1.165, 1.54) is 25.3 Å². The quantitative estimate of drug-likeness (QED) is 0.798. The summed E-state index contributed by atoms with van der Waals surface area (Å²) in [6.07, 6.45) is 4.71. The van der Waals surface area contributed by atoms with Gasteiger partial charge in [0, 0.05) is 44.0 Å². The third kappa shape index (κ3) is 5.54. The van der Waals surface area contributed by atoms with Gasteiger partial charge >= 0.3 is 6.03 Å². The topological polar surface area (TPSA) is 47.6 Å². The molecular formula is C20H30F2N4O. The van der Waals surface area contributed by atoms with Crippen molar-refractivity contribution in [2.24, 2.45) is 5.92 Å². The van der Waals surface area contributed by atoms with E-state index in [9.17, 15) is 13.6 Å². The molecule has 7 heteroatoms. The summed E-state index contributed by atoms with van der Waals surface area (Å²) in [5, 5.41) is 5.91. The van der Waals surface area contributed by atoms with E-state index in [4.69, 9.17) is 0 Å². The summed E-state index contributed by atoms with van der Waals surface area (Å²) in [5.41, 5.74) is 0.691. The second kappa shape index (κ2) is 9.35. The maximum Gasteiger partial charge on any atom is 0.314 e. The van der Waals surface area contributed by atoms with Crippen LogP contribution in [0.15, 0.2) is 18.2 Å². The van der Waals surface area contributed by atoms with Gasteiger partial charge in [0.15, 0.2) is 11.6 Å². The van der Waals surface area contributed by atoms with Crippen LogP contribution in [0.2, 0.25) is 0 Å². The average Bonchev–Trinajstić information content (AvgIpc) is 3.16. The molecule has 0 aromatic heterocycles. The van der Waals surface area contributed by atoms with Crippen molar-refractivity contribution in [2.75, 3.05) is 44.2 Å². The van der Waals surface area contributed by atoms with Crippen molar-refractivity contribution in [1.29, 1.82) is 0 Å². The fraction of sp³-hybridized carbons (Fsp3) is 0.650. The van der Waals surface area contributed by atoms with Gasteiger partial charge in [0.25, 0.3) is 0 Å². The van der Waals surface area contributed by atoms with Crippen molar-refractivity contribution in [3.8, 4) is 0 Å². The minimum atomic E-state index is -0.827. The van der Waals surface area contributed by atoms with Crippen LogP contribution in [-0.4, -0.2) is 56.2 Å². The molecule has 0 saturated carbocycles. The highest BCUT2D eigenvalue weighted by Gasteiger charge is 2.24. The Hall–Kier alpha value is -1.89. The molecule has 2 aliphatic rings. The fourth-order valence-electron chi connectivity index (χ4n) is 3.94. The lowest BCUT2D eigenvalue weighted by Gasteiger charge is -2.32. The fourth-order valence-corrected chi connectivity index (χ4v) is 3.94. The van der Waals surface area contributed by atoms with E-state index in [0.717, 1.165) is 38.7 Å². The first-order valence-corrected chi connectivity index (χ1v) is 9.98. The van der Waals surface area contributed by atoms with E-state index in [1.54, 1.807) is 6.07 Å². The van der Waals surface area contributed by atoms with Gasteiger partial charge in [-0.2, -0.15) is 0 Å². The number of amides is 2. The first kappa shape index (κ1) is 19.9. The Bertz CT molecular complexity index is 636. The summed E-state index contributed by atoms with van der Waals surface area (Å²) < 4.78 is 26.5. The second-order valence-corrected chi connectivity index (χ2v) is 7.74. The SMILES string of the molecule is C[C@@H](CNC(=O)NC[C@H]1CCN(c2ccc(F)c(F)c2)C1)N1CCCCC1. The number of likely N-dealkylation sites (tertiary alicyclic amines) is 1. The molecule has 2 N–H and O–H groups in total. The van der Waals surface area contributed by atoms with Crippen molar-refractivity contribution in [3.63, 3.8) is 0 Å². The highest BCUT2D eigenvalue weighted by Crippen LogP contribution is 2.25. The van der Waals surface area contributed by atoms with Gasteiger partial charge in [0.2, 0.25) is 0 Å². The smallest absolute Gasteiger partial charge is 0.314 e. The van der Waals surface area contributed by atoms with Gasteiger partial charge in [0.05, 0.1) is 0 Å². The third-order valence-electron chi connectivity index (χ3n) is 5.68. The molecule has 0 bridgehead atoms. The molecule has 1 aromatic carbocycles. The zero-order valence-corrected chi connectivity index (χ0v) is 16.0. The number of piperidine rings is 1. The van der Waals surface area contributed by atoms with Crippen LogP contribution in [-0.2, 0) is 0 Å². The van der Waals surface area contributed by atoms with Crippen molar-refractivity contribution < 1.29 is 13.6 Å². The maximum absolute atomic E-state index is 13.4. The number of anilines is 1. The number of hydrogen-bond donors (Lipinski definition) is 2. The first-order valence-electron chi connectivity index (χ1n) is 9.98. The van der Waals surface area contributed by atoms with Crippen LogP contribution in [0.4, 0.5) is 19.3 Å². The molecule has 0 unspecified atom stereocenters. The number of nitrogens with one attached hydrogen (secondary N) is 2. The van der Waals surface area contributed by atoms with E-state index >= 15 is 0 Å². The van der Waals surface area contributed by atoms with Gasteiger partial charge in [-0.25, -0.2) is 13.6 Å². The molecule has 2 aliphatic heterocycles. The lowest BCUT2D eigenvalue weighted by molar-refractivity contribution is 0.170. The van der Waals surface area contributed by atoms with Gasteiger partial charge in [0.1, 0.15) is 0 Å². The number of nitrogens with zero attached hydrogens (tertiary/aromatic N) is 2. The Morgan fingerprint density at radius 1 is 1.15 bits per heavy atom. The number of hydrogen-bond acceptors (Lipinski definition) is 3. The number of carbonyl (C=O) groups is 1. The predicted octanol–water partition coefficient (Wildman–Crippen LogP) is 2.96. The molecule has 1 aromatic rings. The minimum absolute atomic E-state index is 0.134. The highest BCUT2D eigenvalue weighted by molar-refractivity contribution is 5.73. The Labute approximate surface area is 160 Å². The largest absolute Gasteiger partial charge is 0.371 e. The molecule has 5 nitrogen and oxygen atoms in total. The van der Waals surface area contributed by atoms with Crippen LogP contribution in [0.1, 0.15) is 32.6 Å². The van der Waals surface area contributed by atoms with Crippen LogP contribution in [0.25, 0.3) is 0 Å². The molecule has 0 spiro atoms. The molecule has 27 heavy (non-hydrogen) atoms. The standard InChI is InChI=1S/C20H30F2N4O/c1-15(25-8-3-2-4-9-25)12-23-20(27)24-13-16-7-10-26(14-16)17-5-6-18(21)19(22)11-17/h5-6,11,15-16H,2-4,7-10,12-14H2,1H3,(H2,23,24,27)/t15-,16+/m0/s1. The van der Waals surface area contributed by atoms with Crippen LogP contribution in [0, 0.1) is 17.6 Å². The first-order chi connectivity index (χ1) is 13.0. The second-order valence-electron chi connectivity index (χ2n) is 7.74. The molecule has 0 radical (unpaired) electrons. The molecule has 150 valence electrons. The minimum Gasteiger partial charge on any atom is -0.371 e. The van der Waals surface area contributed by atoms with Gasteiger partial charge in [-0.05, 0) is 57.3 Å². The van der Waals surface area contributed by atoms with E-state index in [1.807, 2.05) is 4.90 Å². The average molecular weight is 380 g/mol. The Morgan fingerprint density at radius 3 is 2.67 bits per heavy atom. The zero-order valence-electron chi connectivity index (χ0n) is 16.0. The van der Waals surface area contributed by atoms with E-state index in [2.05, 4.69) is 22.5 Å². The van der Waals surface area contributed by atoms with Crippen LogP contribution in [0.5, 0.6) is 0 Å². The molecule has 2 amide bonds. The summed E-state index contributed by atoms with van der Waals surface area (Å²) in [7, 11) is 0. The third-order valence-corrected chi connectivity index (χ3v) is 5.68. The lowest BCUT2D eigenvalue weighted by Crippen LogP contribution is -2.47. The molecular weight excluding hydrogens is 350 g/mol. The summed E-state index contributed by atoms with van der Waals surface area (Å²) in [6, 6.07) is 4.21. The predicted molar refractivity (Wildman–Crippen MR) is 103 cm³/mol. The Morgan fingerprint density at radius 2 is 1.93 bits per heavy atom. The van der Waals surface area contributed by atoms with Gasteiger partial charge in [-0.3, -0.25) is 4.90 Å². The van der Waals surface area contributed by atoms with E-state index in [-0.39, 0.29) is 6.03 Å². The Balaban J connectivity index is 1.36. The number of benzene rings is 1. The molecule has 2 fully saturated rings. The van der Waals surface area contributed by atoms with E-state index < -0.39 is 11.6 Å². The highest BCUT2D eigenvalue weighted by atomic mass is 19.2. The van der Waals surface area contributed by atoms with Crippen molar-refractivity contribution >= 4 is 11.7 Å². The van der Waals surface area contributed by atoms with Gasteiger partial charge in [-0.15, -0.1) is 0 Å². The number of urea groups is 1. The van der Waals surface area contributed by atoms with Crippen molar-refractivity contribution in [1.82, 2.24) is 15.5 Å². The van der Waals surface area contributed by atoms with Gasteiger partial charge < -0.3 is 15.5 Å². The summed E-state index contributed by atoms with van der Waals surface area (Å²) in [6.45, 7) is 7.14. The number of rotatable bonds is 6. The van der Waals surface area contributed by atoms with Gasteiger partial charge in [-0.1, -0.05) is 6.42 Å². The molecule has 2 saturated heterocycles. The Kier molecular flexibility index (Phi) is 6.88. The van der Waals surface area contributed by atoms with Crippen LogP contribution in [0.3, 0.4) is 0 Å². The lowest BCUT2D eigenvalue weighted by atomic mass is 10.1. The van der Waals surface area contributed by atoms with E-state index in [0.29, 0.717) is 30.7 Å². The monoisotopic (exact) mass is 380 g/mol. The molecule has 0 aliphatic carbocycles. The van der Waals surface area contributed by atoms with Crippen molar-refractivity contribution in [3.05, 3.63) is 29.8 Å². The number of carbonyl (C=O) groups excluding carboxylic acids is 1. The summed E-state index contributed by atoms with van der Waals surface area (Å²) >= 11 is 0. The summed E-state index contributed by atoms with van der Waals surface area (Å²) in [4.78, 5) is 16.5. The molecule has 3 rings (SSSR count). The normalized spacial score (nSPS) is 21.9. The number of halogens is 2.